The molecule has 0 radical (unpaired) electrons. The lowest BCUT2D eigenvalue weighted by Gasteiger charge is -2.10. The van der Waals surface area contributed by atoms with Crippen LogP contribution in [-0.2, 0) is 0 Å². The van der Waals surface area contributed by atoms with Crippen LogP contribution in [0.25, 0.3) is 0 Å². The predicted molar refractivity (Wildman–Crippen MR) is 71.6 cm³/mol. The van der Waals surface area contributed by atoms with Gasteiger partial charge < -0.3 is 10.6 Å². The zero-order chi connectivity index (χ0) is 12.3. The van der Waals surface area contributed by atoms with E-state index in [1.54, 1.807) is 0 Å². The van der Waals surface area contributed by atoms with Gasteiger partial charge in [0, 0.05) is 18.7 Å². The molecule has 1 amide bonds. The molecule has 1 unspecified atom stereocenters. The Morgan fingerprint density at radius 3 is 2.94 bits per heavy atom. The van der Waals surface area contributed by atoms with Gasteiger partial charge in [-0.05, 0) is 25.5 Å². The number of carbonyl (C=O) groups is 1. The van der Waals surface area contributed by atoms with E-state index in [1.807, 2.05) is 0 Å². The van der Waals surface area contributed by atoms with E-state index in [0.717, 1.165) is 30.7 Å². The van der Waals surface area contributed by atoms with Gasteiger partial charge in [0.15, 0.2) is 0 Å². The van der Waals surface area contributed by atoms with Crippen LogP contribution in [0.5, 0.6) is 0 Å². The Hall–Kier alpha value is -1.18. The van der Waals surface area contributed by atoms with E-state index in [4.69, 9.17) is 0 Å². The minimum Gasteiger partial charge on any atom is -0.350 e. The van der Waals surface area contributed by atoms with Crippen molar-refractivity contribution in [2.24, 2.45) is 0 Å². The number of hydrogen-bond acceptors (Lipinski definition) is 5. The molecule has 0 bridgehead atoms. The molecule has 1 aromatic heterocycles. The van der Waals surface area contributed by atoms with Crippen LogP contribution in [0.2, 0.25) is 0 Å². The molecule has 0 aliphatic carbocycles. The number of nitrogens with zero attached hydrogens (tertiary/aromatic N) is 1. The van der Waals surface area contributed by atoms with Crippen LogP contribution in [0.3, 0.4) is 0 Å². The summed E-state index contributed by atoms with van der Waals surface area (Å²) in [5.41, 5.74) is 0. The number of amides is 1. The SMILES string of the molecule is Cl.O=C(NCC1CCCN1)c1ccc([N+](=O)[O-])s1. The van der Waals surface area contributed by atoms with Crippen molar-refractivity contribution in [2.45, 2.75) is 18.9 Å². The molecular formula is C10H14ClN3O3S. The van der Waals surface area contributed by atoms with E-state index in [-0.39, 0.29) is 23.3 Å². The second-order valence-corrected chi connectivity index (χ2v) is 4.96. The average molecular weight is 292 g/mol. The van der Waals surface area contributed by atoms with Gasteiger partial charge in [-0.2, -0.15) is 0 Å². The second-order valence-electron chi connectivity index (χ2n) is 3.90. The molecule has 0 spiro atoms. The fourth-order valence-electron chi connectivity index (χ4n) is 1.78. The highest BCUT2D eigenvalue weighted by Crippen LogP contribution is 2.23. The summed E-state index contributed by atoms with van der Waals surface area (Å²) in [6, 6.07) is 3.17. The molecule has 1 aliphatic heterocycles. The Morgan fingerprint density at radius 1 is 1.61 bits per heavy atom. The lowest BCUT2D eigenvalue weighted by Crippen LogP contribution is -2.36. The van der Waals surface area contributed by atoms with Crippen molar-refractivity contribution in [3.63, 3.8) is 0 Å². The summed E-state index contributed by atoms with van der Waals surface area (Å²) in [7, 11) is 0. The van der Waals surface area contributed by atoms with Gasteiger partial charge in [-0.1, -0.05) is 11.3 Å². The van der Waals surface area contributed by atoms with E-state index >= 15 is 0 Å². The third kappa shape index (κ3) is 3.66. The van der Waals surface area contributed by atoms with Gasteiger partial charge in [-0.3, -0.25) is 14.9 Å². The molecule has 1 aromatic rings. The van der Waals surface area contributed by atoms with Gasteiger partial charge in [0.05, 0.1) is 9.80 Å². The monoisotopic (exact) mass is 291 g/mol. The highest BCUT2D eigenvalue weighted by atomic mass is 35.5. The Balaban J connectivity index is 0.00000162. The van der Waals surface area contributed by atoms with Crippen LogP contribution in [0.15, 0.2) is 12.1 Å². The van der Waals surface area contributed by atoms with Crippen molar-refractivity contribution >= 4 is 34.7 Å². The fourth-order valence-corrected chi connectivity index (χ4v) is 2.52. The zero-order valence-corrected chi connectivity index (χ0v) is 11.2. The molecule has 1 atom stereocenters. The quantitative estimate of drug-likeness (QED) is 0.651. The Bertz CT molecular complexity index is 432. The highest BCUT2D eigenvalue weighted by molar-refractivity contribution is 7.17. The third-order valence-electron chi connectivity index (χ3n) is 2.67. The highest BCUT2D eigenvalue weighted by Gasteiger charge is 2.18. The normalized spacial score (nSPS) is 18.1. The van der Waals surface area contributed by atoms with Crippen molar-refractivity contribution in [1.29, 1.82) is 0 Å². The molecule has 2 heterocycles. The molecule has 2 N–H and O–H groups in total. The van der Waals surface area contributed by atoms with Gasteiger partial charge in [0.2, 0.25) is 0 Å². The number of halogens is 1. The standard InChI is InChI=1S/C10H13N3O3S.ClH/c14-10(12-6-7-2-1-5-11-7)8-3-4-9(17-8)13(15)16;/h3-4,7,11H,1-2,5-6H2,(H,12,14);1H. The summed E-state index contributed by atoms with van der Waals surface area (Å²) in [5, 5.41) is 16.5. The summed E-state index contributed by atoms with van der Waals surface area (Å²) in [5.74, 6) is -0.239. The largest absolute Gasteiger partial charge is 0.350 e. The van der Waals surface area contributed by atoms with Crippen molar-refractivity contribution in [1.82, 2.24) is 10.6 Å². The maximum Gasteiger partial charge on any atom is 0.324 e. The smallest absolute Gasteiger partial charge is 0.324 e. The number of rotatable bonds is 4. The molecule has 1 fully saturated rings. The number of nitrogens with one attached hydrogen (secondary N) is 2. The molecule has 8 heteroatoms. The maximum atomic E-state index is 11.7. The van der Waals surface area contributed by atoms with Crippen LogP contribution < -0.4 is 10.6 Å². The third-order valence-corrected chi connectivity index (χ3v) is 3.70. The van der Waals surface area contributed by atoms with Crippen LogP contribution in [0.1, 0.15) is 22.5 Å². The van der Waals surface area contributed by atoms with E-state index < -0.39 is 4.92 Å². The van der Waals surface area contributed by atoms with Gasteiger partial charge in [-0.25, -0.2) is 0 Å². The predicted octanol–water partition coefficient (Wildman–Crippen LogP) is 1.56. The summed E-state index contributed by atoms with van der Waals surface area (Å²) >= 11 is 0.900. The second kappa shape index (κ2) is 6.67. The maximum absolute atomic E-state index is 11.7. The van der Waals surface area contributed by atoms with E-state index in [2.05, 4.69) is 10.6 Å². The lowest BCUT2D eigenvalue weighted by atomic mass is 10.2. The first-order chi connectivity index (χ1) is 8.16. The molecule has 100 valence electrons. The number of carbonyl (C=O) groups excluding carboxylic acids is 1. The van der Waals surface area contributed by atoms with Crippen LogP contribution in [0, 0.1) is 10.1 Å². The van der Waals surface area contributed by atoms with Crippen LogP contribution in [0.4, 0.5) is 5.00 Å². The molecule has 0 saturated carbocycles. The molecule has 1 aliphatic rings. The van der Waals surface area contributed by atoms with Crippen LogP contribution in [-0.4, -0.2) is 30.0 Å². The molecular weight excluding hydrogens is 278 g/mol. The van der Waals surface area contributed by atoms with E-state index in [9.17, 15) is 14.9 Å². The van der Waals surface area contributed by atoms with E-state index in [0.29, 0.717) is 17.5 Å². The number of nitro groups is 1. The first-order valence-corrected chi connectivity index (χ1v) is 6.24. The van der Waals surface area contributed by atoms with Crippen molar-refractivity contribution in [3.8, 4) is 0 Å². The lowest BCUT2D eigenvalue weighted by molar-refractivity contribution is -0.380. The van der Waals surface area contributed by atoms with Crippen molar-refractivity contribution in [3.05, 3.63) is 27.1 Å². The molecule has 1 saturated heterocycles. The zero-order valence-electron chi connectivity index (χ0n) is 9.55. The van der Waals surface area contributed by atoms with Gasteiger partial charge >= 0.3 is 5.00 Å². The summed E-state index contributed by atoms with van der Waals surface area (Å²) in [6.07, 6.45) is 2.19. The van der Waals surface area contributed by atoms with E-state index in [1.165, 1.54) is 12.1 Å². The Morgan fingerprint density at radius 2 is 2.39 bits per heavy atom. The van der Waals surface area contributed by atoms with Gasteiger partial charge in [0.1, 0.15) is 0 Å². The summed E-state index contributed by atoms with van der Waals surface area (Å²) < 4.78 is 0. The Kier molecular flexibility index (Phi) is 5.52. The molecule has 0 aromatic carbocycles. The van der Waals surface area contributed by atoms with Crippen molar-refractivity contribution in [2.75, 3.05) is 13.1 Å². The molecule has 18 heavy (non-hydrogen) atoms. The molecule has 2 rings (SSSR count). The van der Waals surface area contributed by atoms with Gasteiger partial charge in [-0.15, -0.1) is 12.4 Å². The summed E-state index contributed by atoms with van der Waals surface area (Å²) in [6.45, 7) is 1.57. The number of thiophene rings is 1. The van der Waals surface area contributed by atoms with Gasteiger partial charge in [0.25, 0.3) is 5.91 Å². The topological polar surface area (TPSA) is 84.3 Å². The average Bonchev–Trinajstić information content (AvgIpc) is 2.96. The Labute approximate surface area is 114 Å². The van der Waals surface area contributed by atoms with Crippen LogP contribution >= 0.6 is 23.7 Å². The first kappa shape index (κ1) is 14.9. The minimum absolute atomic E-state index is 0. The minimum atomic E-state index is -0.486. The number of hydrogen-bond donors (Lipinski definition) is 2. The molecule has 6 nitrogen and oxygen atoms in total. The summed E-state index contributed by atoms with van der Waals surface area (Å²) in [4.78, 5) is 22.1. The first-order valence-electron chi connectivity index (χ1n) is 5.42. The fraction of sp³-hybridized carbons (Fsp3) is 0.500. The van der Waals surface area contributed by atoms with Crippen molar-refractivity contribution < 1.29 is 9.72 Å².